The lowest BCUT2D eigenvalue weighted by molar-refractivity contribution is -0.140. The first-order valence-electron chi connectivity index (χ1n) is 10.4. The predicted octanol–water partition coefficient (Wildman–Crippen LogP) is 2.92. The van der Waals surface area contributed by atoms with Crippen LogP contribution in [0.2, 0.25) is 0 Å². The highest BCUT2D eigenvalue weighted by atomic mass is 32.2. The molecule has 0 aliphatic rings. The lowest BCUT2D eigenvalue weighted by Crippen LogP contribution is -2.53. The molecule has 0 bridgehead atoms. The molecule has 2 aromatic rings. The lowest BCUT2D eigenvalue weighted by Gasteiger charge is -2.33. The van der Waals surface area contributed by atoms with Crippen LogP contribution in [-0.2, 0) is 26.2 Å². The van der Waals surface area contributed by atoms with Crippen molar-refractivity contribution in [2.24, 2.45) is 0 Å². The third-order valence-electron chi connectivity index (χ3n) is 4.81. The Morgan fingerprint density at radius 3 is 2.12 bits per heavy atom. The predicted molar refractivity (Wildman–Crippen MR) is 123 cm³/mol. The van der Waals surface area contributed by atoms with Gasteiger partial charge in [-0.3, -0.25) is 13.9 Å². The number of carbonyl (C=O) groups excluding carboxylic acids is 2. The molecule has 0 heterocycles. The van der Waals surface area contributed by atoms with Gasteiger partial charge >= 0.3 is 0 Å². The fraction of sp³-hybridized carbons (Fsp3) is 0.391. The number of halogens is 1. The molecule has 0 saturated carbocycles. The standard InChI is InChI=1S/C23H30FN3O4S/c1-5-21(23(29)25-17(2)3)26(15-18-11-13-19(24)14-12-18)22(28)16-27(32(4,30)31)20-9-7-6-8-10-20/h6-14,17,21H,5,15-16H2,1-4H3,(H,25,29). The number of sulfonamides is 1. The number of hydrogen-bond acceptors (Lipinski definition) is 4. The Hall–Kier alpha value is -2.94. The fourth-order valence-electron chi connectivity index (χ4n) is 3.29. The van der Waals surface area contributed by atoms with Gasteiger partial charge in [-0.05, 0) is 50.1 Å². The van der Waals surface area contributed by atoms with E-state index in [0.717, 1.165) is 10.6 Å². The van der Waals surface area contributed by atoms with Gasteiger partial charge in [0, 0.05) is 12.6 Å². The Bertz CT molecular complexity index is 1010. The molecule has 1 N–H and O–H groups in total. The van der Waals surface area contributed by atoms with Gasteiger partial charge in [0.25, 0.3) is 0 Å². The van der Waals surface area contributed by atoms with E-state index in [9.17, 15) is 22.4 Å². The Balaban J connectivity index is 2.40. The zero-order valence-corrected chi connectivity index (χ0v) is 19.6. The van der Waals surface area contributed by atoms with Crippen LogP contribution in [-0.4, -0.2) is 50.0 Å². The normalized spacial score (nSPS) is 12.3. The summed E-state index contributed by atoms with van der Waals surface area (Å²) < 4.78 is 39.2. The van der Waals surface area contributed by atoms with Crippen molar-refractivity contribution >= 4 is 27.5 Å². The first-order valence-corrected chi connectivity index (χ1v) is 12.2. The SMILES string of the molecule is CCC(C(=O)NC(C)C)N(Cc1ccc(F)cc1)C(=O)CN(c1ccccc1)S(C)(=O)=O. The van der Waals surface area contributed by atoms with Crippen LogP contribution in [0.4, 0.5) is 10.1 Å². The molecule has 0 aromatic heterocycles. The van der Waals surface area contributed by atoms with Crippen molar-refractivity contribution in [3.05, 3.63) is 66.0 Å². The van der Waals surface area contributed by atoms with Gasteiger partial charge < -0.3 is 10.2 Å². The second-order valence-electron chi connectivity index (χ2n) is 7.84. The van der Waals surface area contributed by atoms with Gasteiger partial charge in [-0.1, -0.05) is 37.3 Å². The minimum atomic E-state index is -3.76. The Morgan fingerprint density at radius 1 is 1.03 bits per heavy atom. The molecule has 2 aromatic carbocycles. The maximum Gasteiger partial charge on any atom is 0.244 e. The van der Waals surface area contributed by atoms with E-state index in [4.69, 9.17) is 0 Å². The molecule has 7 nitrogen and oxygen atoms in total. The average molecular weight is 464 g/mol. The van der Waals surface area contributed by atoms with Crippen LogP contribution >= 0.6 is 0 Å². The molecule has 0 aliphatic heterocycles. The lowest BCUT2D eigenvalue weighted by atomic mass is 10.1. The molecule has 0 aliphatic carbocycles. The maximum absolute atomic E-state index is 13.4. The molecule has 32 heavy (non-hydrogen) atoms. The number of carbonyl (C=O) groups is 2. The number of benzene rings is 2. The monoisotopic (exact) mass is 463 g/mol. The van der Waals surface area contributed by atoms with Crippen molar-refractivity contribution in [1.82, 2.24) is 10.2 Å². The van der Waals surface area contributed by atoms with Crippen molar-refractivity contribution in [3.8, 4) is 0 Å². The summed E-state index contributed by atoms with van der Waals surface area (Å²) in [6.07, 6.45) is 1.36. The van der Waals surface area contributed by atoms with Crippen LogP contribution in [0.5, 0.6) is 0 Å². The van der Waals surface area contributed by atoms with Gasteiger partial charge in [0.15, 0.2) is 0 Å². The van der Waals surface area contributed by atoms with E-state index in [1.54, 1.807) is 37.3 Å². The fourth-order valence-corrected chi connectivity index (χ4v) is 4.14. The van der Waals surface area contributed by atoms with Crippen molar-refractivity contribution in [2.75, 3.05) is 17.1 Å². The highest BCUT2D eigenvalue weighted by Crippen LogP contribution is 2.19. The molecule has 1 unspecified atom stereocenters. The van der Waals surface area contributed by atoms with E-state index in [1.165, 1.54) is 29.2 Å². The number of hydrogen-bond donors (Lipinski definition) is 1. The number of nitrogens with zero attached hydrogens (tertiary/aromatic N) is 2. The van der Waals surface area contributed by atoms with E-state index in [-0.39, 0.29) is 18.5 Å². The molecule has 0 saturated heterocycles. The van der Waals surface area contributed by atoms with Crippen LogP contribution in [0.3, 0.4) is 0 Å². The summed E-state index contributed by atoms with van der Waals surface area (Å²) in [6, 6.07) is 13.0. The molecule has 1 atom stereocenters. The van der Waals surface area contributed by atoms with Crippen LogP contribution in [0.15, 0.2) is 54.6 Å². The number of para-hydroxylation sites is 1. The zero-order chi connectivity index (χ0) is 23.9. The third kappa shape index (κ3) is 7.05. The third-order valence-corrected chi connectivity index (χ3v) is 5.95. The van der Waals surface area contributed by atoms with Crippen LogP contribution in [0, 0.1) is 5.82 Å². The first kappa shape index (κ1) is 25.3. The largest absolute Gasteiger partial charge is 0.352 e. The highest BCUT2D eigenvalue weighted by molar-refractivity contribution is 7.92. The molecular weight excluding hydrogens is 433 g/mol. The van der Waals surface area contributed by atoms with Gasteiger partial charge in [-0.2, -0.15) is 0 Å². The molecule has 174 valence electrons. The van der Waals surface area contributed by atoms with Gasteiger partial charge in [-0.25, -0.2) is 12.8 Å². The molecule has 0 radical (unpaired) electrons. The quantitative estimate of drug-likeness (QED) is 0.587. The molecule has 0 spiro atoms. The van der Waals surface area contributed by atoms with Crippen LogP contribution in [0.1, 0.15) is 32.8 Å². The number of rotatable bonds is 10. The van der Waals surface area contributed by atoms with Gasteiger partial charge in [-0.15, -0.1) is 0 Å². The molecular formula is C23H30FN3O4S. The van der Waals surface area contributed by atoms with Crippen LogP contribution in [0.25, 0.3) is 0 Å². The van der Waals surface area contributed by atoms with E-state index in [1.807, 2.05) is 13.8 Å². The topological polar surface area (TPSA) is 86.8 Å². The Kier molecular flexibility index (Phi) is 8.77. The first-order chi connectivity index (χ1) is 15.0. The summed E-state index contributed by atoms with van der Waals surface area (Å²) >= 11 is 0. The summed E-state index contributed by atoms with van der Waals surface area (Å²) in [5, 5.41) is 2.81. The van der Waals surface area contributed by atoms with E-state index in [2.05, 4.69) is 5.32 Å². The van der Waals surface area contributed by atoms with Gasteiger partial charge in [0.1, 0.15) is 18.4 Å². The Labute approximate surface area is 189 Å². The second-order valence-corrected chi connectivity index (χ2v) is 9.75. The van der Waals surface area contributed by atoms with E-state index >= 15 is 0 Å². The zero-order valence-electron chi connectivity index (χ0n) is 18.8. The average Bonchev–Trinajstić information content (AvgIpc) is 2.72. The summed E-state index contributed by atoms with van der Waals surface area (Å²) in [6.45, 7) is 4.99. The number of anilines is 1. The Morgan fingerprint density at radius 2 is 1.62 bits per heavy atom. The number of nitrogens with one attached hydrogen (secondary N) is 1. The minimum absolute atomic E-state index is 0.0372. The smallest absolute Gasteiger partial charge is 0.244 e. The van der Waals surface area contributed by atoms with Crippen molar-refractivity contribution < 1.29 is 22.4 Å². The molecule has 0 fully saturated rings. The number of amides is 2. The minimum Gasteiger partial charge on any atom is -0.352 e. The second kappa shape index (κ2) is 11.1. The molecule has 2 rings (SSSR count). The van der Waals surface area contributed by atoms with Crippen molar-refractivity contribution in [2.45, 2.75) is 45.8 Å². The van der Waals surface area contributed by atoms with Crippen LogP contribution < -0.4 is 9.62 Å². The summed E-state index contributed by atoms with van der Waals surface area (Å²) in [5.41, 5.74) is 0.978. The molecule has 2 amide bonds. The maximum atomic E-state index is 13.4. The summed E-state index contributed by atoms with van der Waals surface area (Å²) in [4.78, 5) is 27.6. The van der Waals surface area contributed by atoms with Crippen molar-refractivity contribution in [3.63, 3.8) is 0 Å². The summed E-state index contributed by atoms with van der Waals surface area (Å²) in [7, 11) is -3.76. The summed E-state index contributed by atoms with van der Waals surface area (Å²) in [5.74, 6) is -1.28. The highest BCUT2D eigenvalue weighted by Gasteiger charge is 2.31. The van der Waals surface area contributed by atoms with E-state index in [0.29, 0.717) is 17.7 Å². The molecule has 9 heteroatoms. The van der Waals surface area contributed by atoms with Crippen molar-refractivity contribution in [1.29, 1.82) is 0 Å². The van der Waals surface area contributed by atoms with E-state index < -0.39 is 34.3 Å². The van der Waals surface area contributed by atoms with Gasteiger partial charge in [0.05, 0.1) is 11.9 Å². The van der Waals surface area contributed by atoms with Gasteiger partial charge in [0.2, 0.25) is 21.8 Å².